The average molecular weight is 191 g/mol. The van der Waals surface area contributed by atoms with Crippen molar-refractivity contribution in [3.8, 4) is 11.5 Å². The van der Waals surface area contributed by atoms with Gasteiger partial charge in [-0.1, -0.05) is 23.9 Å². The molecule has 0 saturated carbocycles. The molecule has 1 aliphatic rings. The number of rotatable bonds is 3. The molecule has 1 heterocycles. The molecule has 0 saturated heterocycles. The summed E-state index contributed by atoms with van der Waals surface area (Å²) >= 11 is 0. The third-order valence-corrected chi connectivity index (χ3v) is 2.12. The van der Waals surface area contributed by atoms with Gasteiger partial charge in [0, 0.05) is 5.56 Å². The van der Waals surface area contributed by atoms with Crippen LogP contribution >= 0.6 is 0 Å². The molecule has 0 radical (unpaired) electrons. The zero-order valence-corrected chi connectivity index (χ0v) is 7.53. The van der Waals surface area contributed by atoms with Crippen molar-refractivity contribution in [1.82, 2.24) is 0 Å². The Kier molecular flexibility index (Phi) is 2.18. The van der Waals surface area contributed by atoms with E-state index in [1.54, 1.807) is 12.1 Å². The third-order valence-electron chi connectivity index (χ3n) is 2.12. The fourth-order valence-corrected chi connectivity index (χ4v) is 1.46. The summed E-state index contributed by atoms with van der Waals surface area (Å²) in [6.45, 7) is 3.93. The molecule has 1 aliphatic heterocycles. The largest absolute Gasteiger partial charge is 0.454 e. The van der Waals surface area contributed by atoms with Crippen molar-refractivity contribution in [2.75, 3.05) is 6.79 Å². The smallest absolute Gasteiger partial charge is 0.231 e. The highest BCUT2D eigenvalue weighted by atomic mass is 16.7. The van der Waals surface area contributed by atoms with Gasteiger partial charge in [0.25, 0.3) is 0 Å². The number of ether oxygens (including phenoxy) is 2. The molecule has 0 bridgehead atoms. The fraction of sp³-hybridized carbons (Fsp3) is 0.200. The van der Waals surface area contributed by atoms with Crippen LogP contribution in [0, 0.1) is 4.91 Å². The molecule has 4 nitrogen and oxygen atoms in total. The van der Waals surface area contributed by atoms with Gasteiger partial charge in [0.1, 0.15) is 6.54 Å². The number of hydrogen-bond donors (Lipinski definition) is 0. The van der Waals surface area contributed by atoms with E-state index in [1.165, 1.54) is 0 Å². The maximum Gasteiger partial charge on any atom is 0.231 e. The minimum atomic E-state index is 0.0773. The first-order chi connectivity index (χ1) is 6.86. The van der Waals surface area contributed by atoms with E-state index in [1.807, 2.05) is 6.07 Å². The quantitative estimate of drug-likeness (QED) is 0.689. The molecule has 0 spiro atoms. The predicted molar refractivity (Wildman–Crippen MR) is 52.2 cm³/mol. The van der Waals surface area contributed by atoms with Crippen LogP contribution in [-0.2, 0) is 6.54 Å². The predicted octanol–water partition coefficient (Wildman–Crippen LogP) is 2.32. The van der Waals surface area contributed by atoms with Gasteiger partial charge in [0.05, 0.1) is 0 Å². The third kappa shape index (κ3) is 1.25. The van der Waals surface area contributed by atoms with Gasteiger partial charge < -0.3 is 9.47 Å². The lowest BCUT2D eigenvalue weighted by Crippen LogP contribution is -1.95. The molecule has 0 fully saturated rings. The fourth-order valence-electron chi connectivity index (χ4n) is 1.46. The van der Waals surface area contributed by atoms with Crippen LogP contribution in [-0.4, -0.2) is 6.79 Å². The zero-order valence-electron chi connectivity index (χ0n) is 7.53. The molecule has 1 aromatic carbocycles. The summed E-state index contributed by atoms with van der Waals surface area (Å²) in [5.74, 6) is 1.27. The second kappa shape index (κ2) is 3.49. The molecule has 0 unspecified atom stereocenters. The molecule has 4 heteroatoms. The molecule has 0 N–H and O–H groups in total. The lowest BCUT2D eigenvalue weighted by Gasteiger charge is -2.05. The lowest BCUT2D eigenvalue weighted by atomic mass is 10.1. The summed E-state index contributed by atoms with van der Waals surface area (Å²) in [5.41, 5.74) is 1.60. The van der Waals surface area contributed by atoms with E-state index in [0.717, 1.165) is 11.1 Å². The van der Waals surface area contributed by atoms with Crippen LogP contribution in [0.4, 0.5) is 0 Å². The van der Waals surface area contributed by atoms with Crippen LogP contribution in [0.15, 0.2) is 23.9 Å². The maximum absolute atomic E-state index is 10.3. The van der Waals surface area contributed by atoms with Gasteiger partial charge in [0.15, 0.2) is 11.5 Å². The summed E-state index contributed by atoms with van der Waals surface area (Å²) in [6, 6.07) is 3.63. The van der Waals surface area contributed by atoms with Crippen LogP contribution in [0.2, 0.25) is 0 Å². The number of hydrogen-bond acceptors (Lipinski definition) is 4. The second-order valence-electron chi connectivity index (χ2n) is 2.86. The van der Waals surface area contributed by atoms with Gasteiger partial charge in [-0.2, -0.15) is 4.91 Å². The Morgan fingerprint density at radius 2 is 2.36 bits per heavy atom. The van der Waals surface area contributed by atoms with Crippen LogP contribution in [0.25, 0.3) is 6.08 Å². The summed E-state index contributed by atoms with van der Waals surface area (Å²) in [7, 11) is 0. The molecule has 72 valence electrons. The Labute approximate surface area is 81.1 Å². The normalized spacial score (nSPS) is 12.6. The minimum Gasteiger partial charge on any atom is -0.454 e. The van der Waals surface area contributed by atoms with E-state index in [-0.39, 0.29) is 13.3 Å². The molecular formula is C10H9NO3. The van der Waals surface area contributed by atoms with Gasteiger partial charge in [-0.15, -0.1) is 0 Å². The van der Waals surface area contributed by atoms with E-state index < -0.39 is 0 Å². The Morgan fingerprint density at radius 1 is 1.50 bits per heavy atom. The van der Waals surface area contributed by atoms with Crippen LogP contribution < -0.4 is 9.47 Å². The van der Waals surface area contributed by atoms with Crippen molar-refractivity contribution in [1.29, 1.82) is 0 Å². The van der Waals surface area contributed by atoms with Crippen molar-refractivity contribution in [3.63, 3.8) is 0 Å². The summed E-state index contributed by atoms with van der Waals surface area (Å²) in [5, 5.41) is 2.86. The van der Waals surface area contributed by atoms with Crippen molar-refractivity contribution in [3.05, 3.63) is 34.7 Å². The topological polar surface area (TPSA) is 47.9 Å². The number of benzene rings is 1. The van der Waals surface area contributed by atoms with Gasteiger partial charge in [-0.25, -0.2) is 0 Å². The van der Waals surface area contributed by atoms with E-state index in [9.17, 15) is 4.91 Å². The first kappa shape index (κ1) is 8.74. The molecule has 0 aliphatic carbocycles. The van der Waals surface area contributed by atoms with E-state index in [4.69, 9.17) is 9.47 Å². The van der Waals surface area contributed by atoms with Crippen LogP contribution in [0.1, 0.15) is 11.1 Å². The maximum atomic E-state index is 10.3. The monoisotopic (exact) mass is 191 g/mol. The lowest BCUT2D eigenvalue weighted by molar-refractivity contribution is 0.173. The number of nitrogens with zero attached hydrogens (tertiary/aromatic N) is 1. The molecule has 14 heavy (non-hydrogen) atoms. The van der Waals surface area contributed by atoms with E-state index in [2.05, 4.69) is 11.8 Å². The van der Waals surface area contributed by atoms with Gasteiger partial charge in [-0.05, 0) is 11.6 Å². The minimum absolute atomic E-state index is 0.0773. The summed E-state index contributed by atoms with van der Waals surface area (Å²) in [4.78, 5) is 10.3. The van der Waals surface area contributed by atoms with Gasteiger partial charge >= 0.3 is 0 Å². The highest BCUT2D eigenvalue weighted by Crippen LogP contribution is 2.38. The molecule has 0 amide bonds. The van der Waals surface area contributed by atoms with Crippen molar-refractivity contribution >= 4 is 6.08 Å². The Bertz CT molecular complexity index is 387. The van der Waals surface area contributed by atoms with E-state index in [0.29, 0.717) is 11.5 Å². The number of fused-ring (bicyclic) bond motifs is 1. The van der Waals surface area contributed by atoms with Crippen LogP contribution in [0.3, 0.4) is 0 Å². The molecule has 1 aromatic rings. The second-order valence-corrected chi connectivity index (χ2v) is 2.86. The van der Waals surface area contributed by atoms with Gasteiger partial charge in [-0.3, -0.25) is 0 Å². The average Bonchev–Trinajstić information content (AvgIpc) is 2.67. The first-order valence-corrected chi connectivity index (χ1v) is 4.20. The highest BCUT2D eigenvalue weighted by Gasteiger charge is 2.19. The Morgan fingerprint density at radius 3 is 3.07 bits per heavy atom. The van der Waals surface area contributed by atoms with E-state index >= 15 is 0 Å². The highest BCUT2D eigenvalue weighted by molar-refractivity contribution is 5.61. The van der Waals surface area contributed by atoms with Crippen molar-refractivity contribution in [2.24, 2.45) is 5.18 Å². The van der Waals surface area contributed by atoms with Crippen LogP contribution in [0.5, 0.6) is 11.5 Å². The Balaban J connectivity index is 2.55. The standard InChI is InChI=1S/C10H9NO3/c1-2-7-3-4-9-10(14-6-13-9)8(7)5-11-12/h2-4H,1,5-6H2. The molecule has 0 aromatic heterocycles. The van der Waals surface area contributed by atoms with Crippen molar-refractivity contribution in [2.45, 2.75) is 6.54 Å². The van der Waals surface area contributed by atoms with Gasteiger partial charge in [0.2, 0.25) is 6.79 Å². The number of nitroso groups, excluding NO2 is 1. The summed E-state index contributed by atoms with van der Waals surface area (Å²) < 4.78 is 10.4. The molecule has 0 atom stereocenters. The molecule has 2 rings (SSSR count). The Hall–Kier alpha value is -1.84. The zero-order chi connectivity index (χ0) is 9.97. The molecular weight excluding hydrogens is 182 g/mol. The summed E-state index contributed by atoms with van der Waals surface area (Å²) in [6.07, 6.45) is 1.67. The SMILES string of the molecule is C=Cc1ccc2c(c1CN=O)OCO2. The first-order valence-electron chi connectivity index (χ1n) is 4.20. The van der Waals surface area contributed by atoms with Crippen molar-refractivity contribution < 1.29 is 9.47 Å².